The van der Waals surface area contributed by atoms with E-state index in [-0.39, 0.29) is 5.91 Å². The zero-order valence-electron chi connectivity index (χ0n) is 13.8. The van der Waals surface area contributed by atoms with Crippen molar-refractivity contribution in [2.75, 3.05) is 13.6 Å². The molecule has 0 saturated carbocycles. The van der Waals surface area contributed by atoms with Gasteiger partial charge in [-0.2, -0.15) is 0 Å². The molecule has 0 aliphatic heterocycles. The minimum absolute atomic E-state index is 0.276. The molecule has 0 saturated heterocycles. The molecule has 3 amide bonds. The van der Waals surface area contributed by atoms with Crippen molar-refractivity contribution in [3.05, 3.63) is 48.0 Å². The third-order valence-electron chi connectivity index (χ3n) is 3.59. The fourth-order valence-corrected chi connectivity index (χ4v) is 2.30. The molecule has 8 nitrogen and oxygen atoms in total. The normalized spacial score (nSPS) is 11.6. The molecule has 2 aromatic rings. The molecule has 0 aliphatic rings. The van der Waals surface area contributed by atoms with Gasteiger partial charge in [0.15, 0.2) is 0 Å². The van der Waals surface area contributed by atoms with Gasteiger partial charge >= 0.3 is 6.03 Å². The lowest BCUT2D eigenvalue weighted by molar-refractivity contribution is -0.122. The van der Waals surface area contributed by atoms with Crippen LogP contribution in [0, 0.1) is 0 Å². The monoisotopic (exact) mass is 330 g/mol. The summed E-state index contributed by atoms with van der Waals surface area (Å²) < 4.78 is 1.91. The van der Waals surface area contributed by atoms with Gasteiger partial charge in [0, 0.05) is 26.6 Å². The first-order chi connectivity index (χ1) is 11.7. The van der Waals surface area contributed by atoms with Crippen molar-refractivity contribution in [3.63, 3.8) is 0 Å². The number of hydrogen-bond acceptors (Lipinski definition) is 4. The molecule has 1 aromatic heterocycles. The van der Waals surface area contributed by atoms with E-state index in [9.17, 15) is 9.59 Å². The van der Waals surface area contributed by atoms with E-state index in [1.165, 1.54) is 7.05 Å². The van der Waals surface area contributed by atoms with Gasteiger partial charge in [0.25, 0.3) is 0 Å². The van der Waals surface area contributed by atoms with Crippen molar-refractivity contribution in [2.45, 2.75) is 25.9 Å². The van der Waals surface area contributed by atoms with Gasteiger partial charge in [-0.25, -0.2) is 4.79 Å². The maximum Gasteiger partial charge on any atom is 0.315 e. The summed E-state index contributed by atoms with van der Waals surface area (Å²) >= 11 is 0. The van der Waals surface area contributed by atoms with E-state index in [1.54, 1.807) is 18.5 Å². The number of aryl methyl sites for hydroxylation is 1. The second kappa shape index (κ2) is 8.66. The summed E-state index contributed by atoms with van der Waals surface area (Å²) in [7, 11) is 1.54. The number of rotatable bonds is 7. The highest BCUT2D eigenvalue weighted by molar-refractivity contribution is 5.87. The highest BCUT2D eigenvalue weighted by Crippen LogP contribution is 2.12. The second-order valence-electron chi connectivity index (χ2n) is 5.14. The molecule has 3 N–H and O–H groups in total. The van der Waals surface area contributed by atoms with Crippen LogP contribution >= 0.6 is 0 Å². The van der Waals surface area contributed by atoms with E-state index in [0.29, 0.717) is 13.0 Å². The predicted molar refractivity (Wildman–Crippen MR) is 89.2 cm³/mol. The van der Waals surface area contributed by atoms with Crippen LogP contribution in [0.3, 0.4) is 0 Å². The molecule has 1 aromatic carbocycles. The summed E-state index contributed by atoms with van der Waals surface area (Å²) in [6.07, 6.45) is 2.23. The maximum atomic E-state index is 12.1. The molecular weight excluding hydrogens is 308 g/mol. The van der Waals surface area contributed by atoms with Crippen molar-refractivity contribution >= 4 is 11.9 Å². The summed E-state index contributed by atoms with van der Waals surface area (Å²) in [5, 5.41) is 15.8. The van der Waals surface area contributed by atoms with Crippen LogP contribution in [0.5, 0.6) is 0 Å². The Bertz CT molecular complexity index is 670. The van der Waals surface area contributed by atoms with Crippen LogP contribution in [0.4, 0.5) is 4.79 Å². The predicted octanol–water partition coefficient (Wildman–Crippen LogP) is 0.627. The quantitative estimate of drug-likeness (QED) is 0.693. The van der Waals surface area contributed by atoms with E-state index in [2.05, 4.69) is 26.1 Å². The van der Waals surface area contributed by atoms with Crippen LogP contribution in [0.25, 0.3) is 0 Å². The summed E-state index contributed by atoms with van der Waals surface area (Å²) in [5.74, 6) is 0.533. The third kappa shape index (κ3) is 4.55. The van der Waals surface area contributed by atoms with Gasteiger partial charge < -0.3 is 20.5 Å². The molecule has 8 heteroatoms. The van der Waals surface area contributed by atoms with Crippen molar-refractivity contribution in [3.8, 4) is 0 Å². The van der Waals surface area contributed by atoms with Crippen LogP contribution in [0.2, 0.25) is 0 Å². The minimum Gasteiger partial charge on any atom is -0.357 e. The molecule has 1 heterocycles. The van der Waals surface area contributed by atoms with E-state index in [0.717, 1.165) is 17.9 Å². The van der Waals surface area contributed by atoms with Gasteiger partial charge in [-0.3, -0.25) is 4.79 Å². The molecule has 0 unspecified atom stereocenters. The average molecular weight is 330 g/mol. The first-order valence-electron chi connectivity index (χ1n) is 7.83. The largest absolute Gasteiger partial charge is 0.357 e. The Balaban J connectivity index is 1.90. The van der Waals surface area contributed by atoms with Gasteiger partial charge in [0.1, 0.15) is 18.2 Å². The fourth-order valence-electron chi connectivity index (χ4n) is 2.30. The topological polar surface area (TPSA) is 101 Å². The van der Waals surface area contributed by atoms with Crippen molar-refractivity contribution in [2.24, 2.45) is 0 Å². The number of urea groups is 1. The molecule has 2 rings (SSSR count). The Hall–Kier alpha value is -2.90. The van der Waals surface area contributed by atoms with E-state index >= 15 is 0 Å². The van der Waals surface area contributed by atoms with Crippen molar-refractivity contribution in [1.29, 1.82) is 0 Å². The van der Waals surface area contributed by atoms with E-state index in [1.807, 2.05) is 29.7 Å². The number of carbonyl (C=O) groups excluding carboxylic acids is 2. The molecule has 0 aliphatic carbocycles. The summed E-state index contributed by atoms with van der Waals surface area (Å²) in [5.41, 5.74) is 0.720. The fraction of sp³-hybridized carbons (Fsp3) is 0.375. The molecular formula is C16H22N6O2. The van der Waals surface area contributed by atoms with Crippen LogP contribution in [0.15, 0.2) is 36.7 Å². The van der Waals surface area contributed by atoms with Gasteiger partial charge in [-0.15, -0.1) is 10.2 Å². The zero-order chi connectivity index (χ0) is 17.4. The molecule has 0 radical (unpaired) electrons. The molecule has 0 spiro atoms. The number of hydrogen-bond donors (Lipinski definition) is 3. The first-order valence-corrected chi connectivity index (χ1v) is 7.83. The third-order valence-corrected chi connectivity index (χ3v) is 3.59. The average Bonchev–Trinajstić information content (AvgIpc) is 3.07. The Kier molecular flexibility index (Phi) is 6.30. The molecule has 0 fully saturated rings. The minimum atomic E-state index is -0.740. The van der Waals surface area contributed by atoms with Crippen molar-refractivity contribution < 1.29 is 9.59 Å². The van der Waals surface area contributed by atoms with E-state index in [4.69, 9.17) is 0 Å². The Morgan fingerprint density at radius 3 is 2.67 bits per heavy atom. The number of aromatic nitrogens is 3. The van der Waals surface area contributed by atoms with Crippen molar-refractivity contribution in [1.82, 2.24) is 30.7 Å². The first kappa shape index (κ1) is 17.5. The highest BCUT2D eigenvalue weighted by atomic mass is 16.2. The molecule has 1 atom stereocenters. The Morgan fingerprint density at radius 2 is 2.00 bits per heavy atom. The number of nitrogens with zero attached hydrogens (tertiary/aromatic N) is 3. The zero-order valence-corrected chi connectivity index (χ0v) is 13.8. The van der Waals surface area contributed by atoms with Gasteiger partial charge in [-0.1, -0.05) is 30.3 Å². The second-order valence-corrected chi connectivity index (χ2v) is 5.14. The standard InChI is InChI=1S/C16H22N6O2/c1-3-22-11-19-21-13(22)9-10-18-16(24)20-14(15(23)17-2)12-7-5-4-6-8-12/h4-8,11,14H,3,9-10H2,1-2H3,(H,17,23)(H2,18,20,24)/t14-/m1/s1. The van der Waals surface area contributed by atoms with Crippen LogP contribution in [0.1, 0.15) is 24.4 Å². The van der Waals surface area contributed by atoms with Crippen LogP contribution < -0.4 is 16.0 Å². The van der Waals surface area contributed by atoms with Crippen LogP contribution in [-0.4, -0.2) is 40.3 Å². The van der Waals surface area contributed by atoms with E-state index < -0.39 is 12.1 Å². The van der Waals surface area contributed by atoms with Gasteiger partial charge in [0.05, 0.1) is 0 Å². The lowest BCUT2D eigenvalue weighted by Crippen LogP contribution is -2.44. The summed E-state index contributed by atoms with van der Waals surface area (Å²) in [4.78, 5) is 24.1. The number of amides is 3. The number of nitrogens with one attached hydrogen (secondary N) is 3. The highest BCUT2D eigenvalue weighted by Gasteiger charge is 2.21. The number of likely N-dealkylation sites (N-methyl/N-ethyl adjacent to an activating group) is 1. The Labute approximate surface area is 140 Å². The molecule has 24 heavy (non-hydrogen) atoms. The molecule has 128 valence electrons. The Morgan fingerprint density at radius 1 is 1.25 bits per heavy atom. The van der Waals surface area contributed by atoms with Crippen LogP contribution in [-0.2, 0) is 17.8 Å². The SMILES string of the molecule is CCn1cnnc1CCNC(=O)N[C@@H](C(=O)NC)c1ccccc1. The summed E-state index contributed by atoms with van der Waals surface area (Å²) in [6, 6.07) is 7.94. The molecule has 0 bridgehead atoms. The van der Waals surface area contributed by atoms with Gasteiger partial charge in [0.2, 0.25) is 5.91 Å². The maximum absolute atomic E-state index is 12.1. The summed E-state index contributed by atoms with van der Waals surface area (Å²) in [6.45, 7) is 3.18. The number of benzene rings is 1. The number of carbonyl (C=O) groups is 2. The lowest BCUT2D eigenvalue weighted by atomic mass is 10.1. The van der Waals surface area contributed by atoms with Gasteiger partial charge in [-0.05, 0) is 12.5 Å². The lowest BCUT2D eigenvalue weighted by Gasteiger charge is -2.18. The smallest absolute Gasteiger partial charge is 0.315 e.